The maximum Gasteiger partial charge on any atom is 0.335 e. The van der Waals surface area contributed by atoms with Crippen molar-refractivity contribution in [2.75, 3.05) is 0 Å². The Hall–Kier alpha value is -3.60. The van der Waals surface area contributed by atoms with Crippen LogP contribution in [-0.4, -0.2) is 20.7 Å². The van der Waals surface area contributed by atoms with Gasteiger partial charge < -0.3 is 14.8 Å². The zero-order valence-corrected chi connectivity index (χ0v) is 16.1. The van der Waals surface area contributed by atoms with Crippen LogP contribution in [0.5, 0.6) is 5.75 Å². The summed E-state index contributed by atoms with van der Waals surface area (Å²) in [6.07, 6.45) is 0. The van der Waals surface area contributed by atoms with Gasteiger partial charge in [-0.1, -0.05) is 32.0 Å². The van der Waals surface area contributed by atoms with Crippen LogP contribution in [0.2, 0.25) is 0 Å². The molecule has 0 atom stereocenters. The number of phenolic OH excluding ortho intramolecular Hbond substituents is 1. The minimum Gasteiger partial charge on any atom is -0.507 e. The molecule has 0 aliphatic heterocycles. The van der Waals surface area contributed by atoms with Crippen molar-refractivity contribution < 1.29 is 19.4 Å². The van der Waals surface area contributed by atoms with Crippen LogP contribution < -0.4 is 0 Å². The van der Waals surface area contributed by atoms with Crippen LogP contribution in [0.4, 0.5) is 4.39 Å². The number of carbonyl (C=O) groups is 1. The highest BCUT2D eigenvalue weighted by atomic mass is 19.1. The molecule has 0 unspecified atom stereocenters. The summed E-state index contributed by atoms with van der Waals surface area (Å²) < 4.78 is 15.5. The summed E-state index contributed by atoms with van der Waals surface area (Å²) >= 11 is 0. The first-order valence-electron chi connectivity index (χ1n) is 9.34. The van der Waals surface area contributed by atoms with Gasteiger partial charge >= 0.3 is 5.97 Å². The molecule has 5 heteroatoms. The van der Waals surface area contributed by atoms with Crippen molar-refractivity contribution in [1.29, 1.82) is 0 Å². The summed E-state index contributed by atoms with van der Waals surface area (Å²) in [4.78, 5) is 11.2. The number of benzene rings is 3. The molecule has 0 bridgehead atoms. The van der Waals surface area contributed by atoms with Crippen molar-refractivity contribution in [3.05, 3.63) is 83.8 Å². The Balaban J connectivity index is 2.09. The number of aromatic hydroxyl groups is 1. The fourth-order valence-corrected chi connectivity index (χ4v) is 3.83. The van der Waals surface area contributed by atoms with Gasteiger partial charge in [-0.3, -0.25) is 0 Å². The molecule has 1 aromatic heterocycles. The average molecular weight is 389 g/mol. The summed E-state index contributed by atoms with van der Waals surface area (Å²) in [6.45, 7) is 4.11. The summed E-state index contributed by atoms with van der Waals surface area (Å²) in [5.41, 5.74) is 4.40. The zero-order valence-electron chi connectivity index (χ0n) is 16.1. The van der Waals surface area contributed by atoms with E-state index in [4.69, 9.17) is 0 Å². The van der Waals surface area contributed by atoms with Gasteiger partial charge in [0.2, 0.25) is 0 Å². The molecular formula is C24H20FNO3. The maximum atomic E-state index is 13.5. The second kappa shape index (κ2) is 7.09. The van der Waals surface area contributed by atoms with E-state index in [0.29, 0.717) is 5.39 Å². The lowest BCUT2D eigenvalue weighted by Crippen LogP contribution is -2.03. The molecule has 0 fully saturated rings. The first-order chi connectivity index (χ1) is 13.9. The Bertz CT molecular complexity index is 1210. The first-order valence-corrected chi connectivity index (χ1v) is 9.34. The Morgan fingerprint density at radius 1 is 0.966 bits per heavy atom. The van der Waals surface area contributed by atoms with Crippen LogP contribution >= 0.6 is 0 Å². The van der Waals surface area contributed by atoms with Gasteiger partial charge in [0.05, 0.1) is 11.1 Å². The Kier molecular flexibility index (Phi) is 4.59. The number of carboxylic acids is 1. The van der Waals surface area contributed by atoms with E-state index in [-0.39, 0.29) is 23.0 Å². The topological polar surface area (TPSA) is 62.5 Å². The molecule has 0 amide bonds. The third-order valence-electron chi connectivity index (χ3n) is 5.06. The van der Waals surface area contributed by atoms with E-state index < -0.39 is 5.97 Å². The molecule has 146 valence electrons. The van der Waals surface area contributed by atoms with Crippen LogP contribution in [0.3, 0.4) is 0 Å². The van der Waals surface area contributed by atoms with E-state index in [9.17, 15) is 19.4 Å². The van der Waals surface area contributed by atoms with Gasteiger partial charge in [-0.05, 0) is 60.0 Å². The second-order valence-corrected chi connectivity index (χ2v) is 7.28. The molecule has 29 heavy (non-hydrogen) atoms. The van der Waals surface area contributed by atoms with Crippen LogP contribution in [0, 0.1) is 5.82 Å². The lowest BCUT2D eigenvalue weighted by atomic mass is 9.95. The molecule has 4 nitrogen and oxygen atoms in total. The average Bonchev–Trinajstić information content (AvgIpc) is 3.05. The van der Waals surface area contributed by atoms with E-state index in [2.05, 4.69) is 13.8 Å². The normalized spacial score (nSPS) is 11.3. The van der Waals surface area contributed by atoms with Gasteiger partial charge in [0, 0.05) is 22.3 Å². The van der Waals surface area contributed by atoms with Crippen molar-refractivity contribution in [3.63, 3.8) is 0 Å². The lowest BCUT2D eigenvalue weighted by Gasteiger charge is -2.16. The number of carboxylic acid groups (broad SMARTS) is 1. The fourth-order valence-electron chi connectivity index (χ4n) is 3.83. The Labute approximate surface area is 167 Å². The minimum atomic E-state index is -0.989. The van der Waals surface area contributed by atoms with Crippen molar-refractivity contribution in [3.8, 4) is 22.6 Å². The van der Waals surface area contributed by atoms with Gasteiger partial charge in [0.25, 0.3) is 0 Å². The van der Waals surface area contributed by atoms with E-state index in [1.807, 2.05) is 10.6 Å². The van der Waals surface area contributed by atoms with Crippen molar-refractivity contribution in [2.45, 2.75) is 19.8 Å². The third-order valence-corrected chi connectivity index (χ3v) is 5.06. The number of rotatable bonds is 4. The smallest absolute Gasteiger partial charge is 0.335 e. The third kappa shape index (κ3) is 3.14. The standard InChI is InChI=1S/C24H20FNO3/c1-14(2)23-21(15-6-8-16(9-7-15)24(28)29)22-19(4-3-5-20(22)27)26(23)18-12-10-17(25)11-13-18/h3-14,27H,1-2H3,(H,28,29). The van der Waals surface area contributed by atoms with Crippen LogP contribution in [0.25, 0.3) is 27.7 Å². The number of hydrogen-bond acceptors (Lipinski definition) is 2. The predicted molar refractivity (Wildman–Crippen MR) is 111 cm³/mol. The molecule has 3 aromatic carbocycles. The quantitative estimate of drug-likeness (QED) is 0.452. The van der Waals surface area contributed by atoms with Gasteiger partial charge in [-0.15, -0.1) is 0 Å². The largest absolute Gasteiger partial charge is 0.507 e. The summed E-state index contributed by atoms with van der Waals surface area (Å²) in [6, 6.07) is 18.2. The molecule has 1 heterocycles. The molecule has 0 saturated heterocycles. The van der Waals surface area contributed by atoms with E-state index in [1.54, 1.807) is 48.5 Å². The highest BCUT2D eigenvalue weighted by Gasteiger charge is 2.24. The highest BCUT2D eigenvalue weighted by Crippen LogP contribution is 2.44. The van der Waals surface area contributed by atoms with Gasteiger partial charge in [0.1, 0.15) is 11.6 Å². The number of phenols is 1. The molecule has 2 N–H and O–H groups in total. The first kappa shape index (κ1) is 18.7. The summed E-state index contributed by atoms with van der Waals surface area (Å²) in [5, 5.41) is 20.6. The molecule has 0 aliphatic rings. The minimum absolute atomic E-state index is 0.0843. The zero-order chi connectivity index (χ0) is 20.7. The number of nitrogens with zero attached hydrogens (tertiary/aromatic N) is 1. The SMILES string of the molecule is CC(C)c1c(-c2ccc(C(=O)O)cc2)c2c(O)cccc2n1-c1ccc(F)cc1. The van der Waals surface area contributed by atoms with Crippen LogP contribution in [0.15, 0.2) is 66.7 Å². The Morgan fingerprint density at radius 2 is 1.62 bits per heavy atom. The van der Waals surface area contributed by atoms with Crippen molar-refractivity contribution >= 4 is 16.9 Å². The number of aromatic nitrogens is 1. The summed E-state index contributed by atoms with van der Waals surface area (Å²) in [5.74, 6) is -1.08. The number of halogens is 1. The molecule has 0 saturated carbocycles. The van der Waals surface area contributed by atoms with Gasteiger partial charge in [0.15, 0.2) is 0 Å². The van der Waals surface area contributed by atoms with E-state index >= 15 is 0 Å². The number of aromatic carboxylic acids is 1. The molecule has 0 radical (unpaired) electrons. The van der Waals surface area contributed by atoms with Gasteiger partial charge in [-0.25, -0.2) is 9.18 Å². The Morgan fingerprint density at radius 3 is 2.21 bits per heavy atom. The molecule has 4 rings (SSSR count). The fraction of sp³-hybridized carbons (Fsp3) is 0.125. The summed E-state index contributed by atoms with van der Waals surface area (Å²) in [7, 11) is 0. The molecule has 0 aliphatic carbocycles. The van der Waals surface area contributed by atoms with E-state index in [0.717, 1.165) is 28.0 Å². The van der Waals surface area contributed by atoms with E-state index in [1.165, 1.54) is 12.1 Å². The number of hydrogen-bond donors (Lipinski definition) is 2. The maximum absolute atomic E-state index is 13.5. The van der Waals surface area contributed by atoms with Gasteiger partial charge in [-0.2, -0.15) is 0 Å². The molecular weight excluding hydrogens is 369 g/mol. The highest BCUT2D eigenvalue weighted by molar-refractivity contribution is 6.03. The van der Waals surface area contributed by atoms with Crippen LogP contribution in [-0.2, 0) is 0 Å². The lowest BCUT2D eigenvalue weighted by molar-refractivity contribution is 0.0697. The second-order valence-electron chi connectivity index (χ2n) is 7.28. The predicted octanol–water partition coefficient (Wildman–Crippen LogP) is 5.96. The number of fused-ring (bicyclic) bond motifs is 1. The van der Waals surface area contributed by atoms with Crippen LogP contribution in [0.1, 0.15) is 35.8 Å². The van der Waals surface area contributed by atoms with Crippen molar-refractivity contribution in [1.82, 2.24) is 4.57 Å². The monoisotopic (exact) mass is 389 g/mol. The molecule has 4 aromatic rings. The van der Waals surface area contributed by atoms with Crippen molar-refractivity contribution in [2.24, 2.45) is 0 Å². The molecule has 0 spiro atoms.